The topological polar surface area (TPSA) is 37.7 Å². The number of ether oxygens (including phenoxy) is 1. The van der Waals surface area contributed by atoms with Gasteiger partial charge in [0.15, 0.2) is 5.78 Å². The number of benzene rings is 1. The van der Waals surface area contributed by atoms with E-state index >= 15 is 0 Å². The van der Waals surface area contributed by atoms with Gasteiger partial charge in [-0.1, -0.05) is 12.1 Å². The Kier molecular flexibility index (Phi) is 5.67. The molecule has 0 atom stereocenters. The van der Waals surface area contributed by atoms with Crippen molar-refractivity contribution >= 4 is 11.5 Å². The second-order valence-corrected chi connectivity index (χ2v) is 6.89. The van der Waals surface area contributed by atoms with Crippen LogP contribution < -0.4 is 9.64 Å². The number of methoxy groups -OCH3 is 1. The number of rotatable bonds is 6. The van der Waals surface area contributed by atoms with Gasteiger partial charge in [0.25, 0.3) is 0 Å². The zero-order valence-electron chi connectivity index (χ0n) is 16.3. The van der Waals surface area contributed by atoms with Crippen molar-refractivity contribution in [3.8, 4) is 5.75 Å². The average molecular weight is 355 g/mol. The quantitative estimate of drug-likeness (QED) is 0.746. The summed E-state index contributed by atoms with van der Waals surface area (Å²) in [5, 5.41) is 0. The monoisotopic (exact) mass is 355 g/mol. The van der Waals surface area contributed by atoms with Gasteiger partial charge in [-0.3, -0.25) is 9.69 Å². The molecule has 5 nitrogen and oxygen atoms in total. The molecule has 1 aliphatic heterocycles. The van der Waals surface area contributed by atoms with Gasteiger partial charge in [0.2, 0.25) is 0 Å². The summed E-state index contributed by atoms with van der Waals surface area (Å²) in [5.74, 6) is 1.13. The minimum atomic E-state index is 0.226. The summed E-state index contributed by atoms with van der Waals surface area (Å²) in [5.41, 5.74) is 4.25. The lowest BCUT2D eigenvalue weighted by molar-refractivity contribution is 0.0925. The number of piperazine rings is 1. The van der Waals surface area contributed by atoms with E-state index in [0.717, 1.165) is 61.1 Å². The number of ketones is 1. The molecule has 0 N–H and O–H groups in total. The van der Waals surface area contributed by atoms with E-state index in [1.165, 1.54) is 0 Å². The van der Waals surface area contributed by atoms with E-state index in [2.05, 4.69) is 34.3 Å². The van der Waals surface area contributed by atoms with Gasteiger partial charge in [0.05, 0.1) is 19.3 Å². The number of carbonyl (C=O) groups excluding carboxylic acids is 1. The molecule has 2 heterocycles. The lowest BCUT2D eigenvalue weighted by Crippen LogP contribution is -2.48. The molecule has 0 bridgehead atoms. The first-order valence-corrected chi connectivity index (χ1v) is 9.35. The van der Waals surface area contributed by atoms with Crippen LogP contribution in [0.1, 0.15) is 28.7 Å². The zero-order chi connectivity index (χ0) is 18.7. The van der Waals surface area contributed by atoms with E-state index in [1.807, 2.05) is 31.2 Å². The summed E-state index contributed by atoms with van der Waals surface area (Å²) in [4.78, 5) is 17.4. The average Bonchev–Trinajstić information content (AvgIpc) is 2.96. The maximum Gasteiger partial charge on any atom is 0.178 e. The first kappa shape index (κ1) is 18.5. The molecule has 0 saturated carbocycles. The molecule has 2 aromatic rings. The number of hydrogen-bond acceptors (Lipinski definition) is 4. The van der Waals surface area contributed by atoms with E-state index in [9.17, 15) is 4.79 Å². The molecule has 0 amide bonds. The van der Waals surface area contributed by atoms with Crippen LogP contribution in [0.25, 0.3) is 0 Å². The lowest BCUT2D eigenvalue weighted by Gasteiger charge is -2.36. The number of para-hydroxylation sites is 2. The van der Waals surface area contributed by atoms with E-state index in [0.29, 0.717) is 6.54 Å². The molecule has 1 aromatic carbocycles. The van der Waals surface area contributed by atoms with Gasteiger partial charge in [-0.15, -0.1) is 0 Å². The maximum absolute atomic E-state index is 12.8. The van der Waals surface area contributed by atoms with Gasteiger partial charge in [0.1, 0.15) is 5.75 Å². The van der Waals surface area contributed by atoms with Gasteiger partial charge in [-0.05, 0) is 39.0 Å². The van der Waals surface area contributed by atoms with Crippen LogP contribution in [-0.4, -0.2) is 55.1 Å². The second-order valence-electron chi connectivity index (χ2n) is 6.89. The third-order valence-corrected chi connectivity index (χ3v) is 5.36. The van der Waals surface area contributed by atoms with Crippen molar-refractivity contribution in [1.29, 1.82) is 0 Å². The van der Waals surface area contributed by atoms with Crippen LogP contribution in [0.3, 0.4) is 0 Å². The predicted octanol–water partition coefficient (Wildman–Crippen LogP) is 3.14. The summed E-state index contributed by atoms with van der Waals surface area (Å²) >= 11 is 0. The van der Waals surface area contributed by atoms with Crippen LogP contribution in [-0.2, 0) is 6.54 Å². The highest BCUT2D eigenvalue weighted by Gasteiger charge is 2.23. The Balaban J connectivity index is 1.61. The van der Waals surface area contributed by atoms with E-state index < -0.39 is 0 Å². The lowest BCUT2D eigenvalue weighted by atomic mass is 10.1. The fourth-order valence-corrected chi connectivity index (χ4v) is 3.90. The molecular formula is C21H29N3O2. The van der Waals surface area contributed by atoms with Crippen LogP contribution in [0.4, 0.5) is 5.69 Å². The molecular weight excluding hydrogens is 326 g/mol. The standard InChI is InChI=1S/C21H29N3O2/c1-5-24-16(2)14-18(17(24)3)20(25)15-22-10-12-23(13-11-22)19-8-6-7-9-21(19)26-4/h6-9,14H,5,10-13,15H2,1-4H3. The minimum absolute atomic E-state index is 0.226. The van der Waals surface area contributed by atoms with E-state index in [-0.39, 0.29) is 5.78 Å². The molecule has 5 heteroatoms. The number of carbonyl (C=O) groups is 1. The van der Waals surface area contributed by atoms with Crippen molar-refractivity contribution in [2.24, 2.45) is 0 Å². The van der Waals surface area contributed by atoms with Crippen molar-refractivity contribution < 1.29 is 9.53 Å². The summed E-state index contributed by atoms with van der Waals surface area (Å²) in [6.07, 6.45) is 0. The Morgan fingerprint density at radius 3 is 2.42 bits per heavy atom. The molecule has 3 rings (SSSR count). The number of Topliss-reactive ketones (excluding diaryl/α,β-unsaturated/α-hetero) is 1. The summed E-state index contributed by atoms with van der Waals surface area (Å²) in [7, 11) is 1.71. The van der Waals surface area contributed by atoms with E-state index in [1.54, 1.807) is 7.11 Å². The van der Waals surface area contributed by atoms with Crippen LogP contribution >= 0.6 is 0 Å². The Hall–Kier alpha value is -2.27. The van der Waals surface area contributed by atoms with Crippen molar-refractivity contribution in [1.82, 2.24) is 9.47 Å². The molecule has 1 saturated heterocycles. The van der Waals surface area contributed by atoms with Gasteiger partial charge in [-0.2, -0.15) is 0 Å². The molecule has 1 aromatic heterocycles. The third-order valence-electron chi connectivity index (χ3n) is 5.36. The number of nitrogens with zero attached hydrogens (tertiary/aromatic N) is 3. The number of aryl methyl sites for hydroxylation is 1. The molecule has 1 aliphatic rings. The number of anilines is 1. The first-order chi connectivity index (χ1) is 12.5. The Bertz CT molecular complexity index is 774. The van der Waals surface area contributed by atoms with Crippen LogP contribution in [0, 0.1) is 13.8 Å². The second kappa shape index (κ2) is 7.96. The third kappa shape index (κ3) is 3.63. The fourth-order valence-electron chi connectivity index (χ4n) is 3.90. The van der Waals surface area contributed by atoms with Crippen molar-refractivity contribution in [2.75, 3.05) is 44.7 Å². The minimum Gasteiger partial charge on any atom is -0.495 e. The molecule has 26 heavy (non-hydrogen) atoms. The number of hydrogen-bond donors (Lipinski definition) is 0. The predicted molar refractivity (Wildman–Crippen MR) is 106 cm³/mol. The van der Waals surface area contributed by atoms with Gasteiger partial charge in [0, 0.05) is 49.7 Å². The molecule has 1 fully saturated rings. The van der Waals surface area contributed by atoms with Crippen molar-refractivity contribution in [3.63, 3.8) is 0 Å². The highest BCUT2D eigenvalue weighted by molar-refractivity contribution is 5.99. The van der Waals surface area contributed by atoms with Crippen molar-refractivity contribution in [3.05, 3.63) is 47.3 Å². The summed E-state index contributed by atoms with van der Waals surface area (Å²) < 4.78 is 7.67. The van der Waals surface area contributed by atoms with Gasteiger partial charge >= 0.3 is 0 Å². The Morgan fingerprint density at radius 1 is 1.12 bits per heavy atom. The van der Waals surface area contributed by atoms with Crippen LogP contribution in [0.2, 0.25) is 0 Å². The summed E-state index contributed by atoms with van der Waals surface area (Å²) in [6, 6.07) is 10.2. The fraction of sp³-hybridized carbons (Fsp3) is 0.476. The Labute approximate surface area is 156 Å². The smallest absolute Gasteiger partial charge is 0.178 e. The van der Waals surface area contributed by atoms with Crippen LogP contribution in [0.15, 0.2) is 30.3 Å². The molecule has 0 radical (unpaired) electrons. The normalized spacial score (nSPS) is 15.3. The van der Waals surface area contributed by atoms with Crippen molar-refractivity contribution in [2.45, 2.75) is 27.3 Å². The summed E-state index contributed by atoms with van der Waals surface area (Å²) in [6.45, 7) is 11.2. The largest absolute Gasteiger partial charge is 0.495 e. The molecule has 140 valence electrons. The number of aromatic nitrogens is 1. The molecule has 0 spiro atoms. The molecule has 0 aliphatic carbocycles. The van der Waals surface area contributed by atoms with Gasteiger partial charge in [-0.25, -0.2) is 0 Å². The zero-order valence-corrected chi connectivity index (χ0v) is 16.3. The first-order valence-electron chi connectivity index (χ1n) is 9.35. The van der Waals surface area contributed by atoms with Crippen LogP contribution in [0.5, 0.6) is 5.75 Å². The highest BCUT2D eigenvalue weighted by atomic mass is 16.5. The van der Waals surface area contributed by atoms with E-state index in [4.69, 9.17) is 4.74 Å². The Morgan fingerprint density at radius 2 is 1.81 bits per heavy atom. The van der Waals surface area contributed by atoms with Gasteiger partial charge < -0.3 is 14.2 Å². The SMILES string of the molecule is CCn1c(C)cc(C(=O)CN2CCN(c3ccccc3OC)CC2)c1C. The molecule has 0 unspecified atom stereocenters. The highest BCUT2D eigenvalue weighted by Crippen LogP contribution is 2.28. The maximum atomic E-state index is 12.8.